The van der Waals surface area contributed by atoms with E-state index in [0.717, 1.165) is 24.0 Å². The van der Waals surface area contributed by atoms with E-state index in [2.05, 4.69) is 21.2 Å². The predicted molar refractivity (Wildman–Crippen MR) is 72.4 cm³/mol. The van der Waals surface area contributed by atoms with Crippen molar-refractivity contribution in [1.29, 1.82) is 0 Å². The van der Waals surface area contributed by atoms with E-state index < -0.39 is 0 Å². The van der Waals surface area contributed by atoms with Gasteiger partial charge in [-0.1, -0.05) is 15.9 Å². The summed E-state index contributed by atoms with van der Waals surface area (Å²) in [5, 5.41) is 3.31. The molecule has 0 radical (unpaired) electrons. The summed E-state index contributed by atoms with van der Waals surface area (Å²) in [5.74, 6) is 0.531. The minimum atomic E-state index is -0.307. The molecule has 1 aliphatic heterocycles. The van der Waals surface area contributed by atoms with Crippen molar-refractivity contribution in [3.63, 3.8) is 0 Å². The molecule has 0 spiro atoms. The minimum Gasteiger partial charge on any atom is -0.490 e. The van der Waals surface area contributed by atoms with Gasteiger partial charge in [-0.25, -0.2) is 4.39 Å². The molecule has 17 heavy (non-hydrogen) atoms. The van der Waals surface area contributed by atoms with Crippen molar-refractivity contribution < 1.29 is 9.13 Å². The Labute approximate surface area is 115 Å². The Balaban J connectivity index is 0.00000144. The number of benzene rings is 1. The van der Waals surface area contributed by atoms with E-state index in [-0.39, 0.29) is 18.2 Å². The molecule has 2 rings (SSSR count). The molecule has 5 heteroatoms. The van der Waals surface area contributed by atoms with Crippen LogP contribution in [0.1, 0.15) is 12.8 Å². The van der Waals surface area contributed by atoms with E-state index in [1.165, 1.54) is 12.5 Å². The van der Waals surface area contributed by atoms with Gasteiger partial charge in [0, 0.05) is 16.9 Å². The zero-order valence-electron chi connectivity index (χ0n) is 9.42. The van der Waals surface area contributed by atoms with Crippen molar-refractivity contribution in [2.75, 3.05) is 19.7 Å². The van der Waals surface area contributed by atoms with E-state index in [4.69, 9.17) is 4.74 Å². The second-order valence-corrected chi connectivity index (χ2v) is 5.01. The van der Waals surface area contributed by atoms with Crippen LogP contribution in [0.5, 0.6) is 5.75 Å². The van der Waals surface area contributed by atoms with E-state index in [1.54, 1.807) is 12.1 Å². The predicted octanol–water partition coefficient (Wildman–Crippen LogP) is 3.39. The zero-order valence-corrected chi connectivity index (χ0v) is 11.8. The van der Waals surface area contributed by atoms with Crippen LogP contribution in [0.2, 0.25) is 0 Å². The van der Waals surface area contributed by atoms with Crippen LogP contribution in [0.4, 0.5) is 4.39 Å². The molecule has 0 bridgehead atoms. The lowest BCUT2D eigenvalue weighted by atomic mass is 10.0. The third-order valence-electron chi connectivity index (χ3n) is 2.77. The molecule has 1 unspecified atom stereocenters. The fraction of sp³-hybridized carbons (Fsp3) is 0.500. The molecule has 1 aliphatic rings. The van der Waals surface area contributed by atoms with Crippen LogP contribution in [0.3, 0.4) is 0 Å². The number of halogens is 3. The van der Waals surface area contributed by atoms with Gasteiger partial charge in [0.05, 0.1) is 6.61 Å². The molecule has 1 fully saturated rings. The van der Waals surface area contributed by atoms with Crippen LogP contribution in [0.15, 0.2) is 22.7 Å². The monoisotopic (exact) mass is 323 g/mol. The molecular formula is C12H16BrClFNO. The molecule has 0 aliphatic carbocycles. The van der Waals surface area contributed by atoms with Gasteiger partial charge in [-0.05, 0) is 37.6 Å². The Hall–Kier alpha value is -0.320. The highest BCUT2D eigenvalue weighted by atomic mass is 79.9. The first-order valence-corrected chi connectivity index (χ1v) is 6.33. The Morgan fingerprint density at radius 1 is 1.47 bits per heavy atom. The summed E-state index contributed by atoms with van der Waals surface area (Å²) in [6.07, 6.45) is 2.34. The standard InChI is InChI=1S/C12H15BrFNO.ClH/c13-10-3-4-12(11(14)6-10)16-8-9-2-1-5-15-7-9;/h3-4,6,9,15H,1-2,5,7-8H2;1H. The van der Waals surface area contributed by atoms with Crippen LogP contribution in [-0.4, -0.2) is 19.7 Å². The van der Waals surface area contributed by atoms with Gasteiger partial charge in [0.25, 0.3) is 0 Å². The quantitative estimate of drug-likeness (QED) is 0.920. The van der Waals surface area contributed by atoms with Crippen molar-refractivity contribution in [2.45, 2.75) is 12.8 Å². The Morgan fingerprint density at radius 3 is 2.94 bits per heavy atom. The zero-order chi connectivity index (χ0) is 11.4. The second-order valence-electron chi connectivity index (χ2n) is 4.10. The Morgan fingerprint density at radius 2 is 2.29 bits per heavy atom. The van der Waals surface area contributed by atoms with E-state index >= 15 is 0 Å². The summed E-state index contributed by atoms with van der Waals surface area (Å²) >= 11 is 3.22. The first kappa shape index (κ1) is 14.7. The molecule has 1 aromatic rings. The number of hydrogen-bond acceptors (Lipinski definition) is 2. The molecule has 1 saturated heterocycles. The Bertz CT molecular complexity index is 358. The van der Waals surface area contributed by atoms with Gasteiger partial charge in [0.1, 0.15) is 0 Å². The summed E-state index contributed by atoms with van der Waals surface area (Å²) < 4.78 is 19.7. The topological polar surface area (TPSA) is 21.3 Å². The number of nitrogens with one attached hydrogen (secondary N) is 1. The summed E-state index contributed by atoms with van der Waals surface area (Å²) in [7, 11) is 0. The highest BCUT2D eigenvalue weighted by molar-refractivity contribution is 9.10. The average Bonchev–Trinajstić information content (AvgIpc) is 2.29. The first-order chi connectivity index (χ1) is 7.75. The molecule has 1 aromatic carbocycles. The van der Waals surface area contributed by atoms with Crippen LogP contribution < -0.4 is 10.1 Å². The highest BCUT2D eigenvalue weighted by Gasteiger charge is 2.14. The molecule has 1 heterocycles. The summed E-state index contributed by atoms with van der Waals surface area (Å²) in [6, 6.07) is 4.88. The van der Waals surface area contributed by atoms with Gasteiger partial charge < -0.3 is 10.1 Å². The highest BCUT2D eigenvalue weighted by Crippen LogP contribution is 2.22. The van der Waals surface area contributed by atoms with Crippen molar-refractivity contribution in [3.05, 3.63) is 28.5 Å². The third kappa shape index (κ3) is 4.45. The van der Waals surface area contributed by atoms with Gasteiger partial charge in [-0.2, -0.15) is 0 Å². The lowest BCUT2D eigenvalue weighted by Gasteiger charge is -2.22. The molecule has 0 amide bonds. The summed E-state index contributed by atoms with van der Waals surface area (Å²) in [5.41, 5.74) is 0. The molecular weight excluding hydrogens is 308 g/mol. The summed E-state index contributed by atoms with van der Waals surface area (Å²) in [6.45, 7) is 2.65. The van der Waals surface area contributed by atoms with Gasteiger partial charge in [0.15, 0.2) is 11.6 Å². The second kappa shape index (κ2) is 7.19. The van der Waals surface area contributed by atoms with Crippen molar-refractivity contribution in [2.24, 2.45) is 5.92 Å². The molecule has 0 saturated carbocycles. The van der Waals surface area contributed by atoms with E-state index in [1.807, 2.05) is 0 Å². The molecule has 0 aromatic heterocycles. The van der Waals surface area contributed by atoms with E-state index in [0.29, 0.717) is 18.3 Å². The van der Waals surface area contributed by atoms with Crippen molar-refractivity contribution >= 4 is 28.3 Å². The van der Waals surface area contributed by atoms with Gasteiger partial charge in [0.2, 0.25) is 0 Å². The van der Waals surface area contributed by atoms with Gasteiger partial charge >= 0.3 is 0 Å². The smallest absolute Gasteiger partial charge is 0.166 e. The minimum absolute atomic E-state index is 0. The van der Waals surface area contributed by atoms with Crippen LogP contribution >= 0.6 is 28.3 Å². The first-order valence-electron chi connectivity index (χ1n) is 5.54. The maximum Gasteiger partial charge on any atom is 0.166 e. The SMILES string of the molecule is Cl.Fc1cc(Br)ccc1OCC1CCCNC1. The largest absolute Gasteiger partial charge is 0.490 e. The number of rotatable bonds is 3. The molecule has 96 valence electrons. The van der Waals surface area contributed by atoms with Crippen molar-refractivity contribution in [1.82, 2.24) is 5.32 Å². The van der Waals surface area contributed by atoms with Crippen LogP contribution in [0.25, 0.3) is 0 Å². The number of ether oxygens (including phenoxy) is 1. The average molecular weight is 325 g/mol. The lowest BCUT2D eigenvalue weighted by Crippen LogP contribution is -2.33. The van der Waals surface area contributed by atoms with Gasteiger partial charge in [-0.15, -0.1) is 12.4 Å². The lowest BCUT2D eigenvalue weighted by molar-refractivity contribution is 0.211. The number of piperidine rings is 1. The third-order valence-corrected chi connectivity index (χ3v) is 3.26. The summed E-state index contributed by atoms with van der Waals surface area (Å²) in [4.78, 5) is 0. The van der Waals surface area contributed by atoms with Crippen LogP contribution in [0, 0.1) is 11.7 Å². The fourth-order valence-electron chi connectivity index (χ4n) is 1.87. The van der Waals surface area contributed by atoms with Crippen LogP contribution in [-0.2, 0) is 0 Å². The van der Waals surface area contributed by atoms with Gasteiger partial charge in [-0.3, -0.25) is 0 Å². The maximum absolute atomic E-state index is 13.4. The molecule has 1 atom stereocenters. The fourth-order valence-corrected chi connectivity index (χ4v) is 2.20. The van der Waals surface area contributed by atoms with Crippen molar-refractivity contribution in [3.8, 4) is 5.75 Å². The normalized spacial score (nSPS) is 19.5. The van der Waals surface area contributed by atoms with E-state index in [9.17, 15) is 4.39 Å². The number of hydrogen-bond donors (Lipinski definition) is 1. The molecule has 2 nitrogen and oxygen atoms in total. The maximum atomic E-state index is 13.4. The Kier molecular flexibility index (Phi) is 6.23. The molecule has 1 N–H and O–H groups in total.